The minimum Gasteiger partial charge on any atom is -0.494 e. The average molecular weight is 198 g/mol. The Morgan fingerprint density at radius 1 is 1.50 bits per heavy atom. The third kappa shape index (κ3) is 2.45. The molecule has 0 saturated carbocycles. The molecule has 0 radical (unpaired) electrons. The molecule has 1 N–H and O–H groups in total. The first-order chi connectivity index (χ1) is 6.65. The Kier molecular flexibility index (Phi) is 3.45. The van der Waals surface area contributed by atoms with Crippen LogP contribution < -0.4 is 4.74 Å². The normalized spacial score (nSPS) is 12.1. The van der Waals surface area contributed by atoms with Gasteiger partial charge in [-0.15, -0.1) is 0 Å². The summed E-state index contributed by atoms with van der Waals surface area (Å²) in [7, 11) is 0. The number of rotatable bonds is 4. The molecule has 0 amide bonds. The van der Waals surface area contributed by atoms with Crippen LogP contribution in [0.5, 0.6) is 5.75 Å². The number of carboxylic acid groups (broad SMARTS) is 1. The van der Waals surface area contributed by atoms with Crippen molar-refractivity contribution in [2.45, 2.75) is 13.1 Å². The number of aliphatic carboxylic acids is 1. The van der Waals surface area contributed by atoms with E-state index in [2.05, 4.69) is 0 Å². The van der Waals surface area contributed by atoms with E-state index in [-0.39, 0.29) is 5.56 Å². The van der Waals surface area contributed by atoms with Gasteiger partial charge in [0.05, 0.1) is 6.61 Å². The van der Waals surface area contributed by atoms with Crippen LogP contribution in [0.4, 0.5) is 4.39 Å². The van der Waals surface area contributed by atoms with Crippen LogP contribution in [0.2, 0.25) is 0 Å². The van der Waals surface area contributed by atoms with E-state index in [1.54, 1.807) is 12.1 Å². The molecule has 0 saturated heterocycles. The number of benzene rings is 1. The van der Waals surface area contributed by atoms with Gasteiger partial charge in [0, 0.05) is 0 Å². The molecule has 0 aliphatic rings. The van der Waals surface area contributed by atoms with Crippen LogP contribution in [0.25, 0.3) is 0 Å². The van der Waals surface area contributed by atoms with Crippen LogP contribution in [-0.4, -0.2) is 17.7 Å². The predicted octanol–water partition coefficient (Wildman–Crippen LogP) is 2.18. The third-order valence-corrected chi connectivity index (χ3v) is 1.70. The molecular formula is C10H11FO3. The molecule has 0 aliphatic heterocycles. The van der Waals surface area contributed by atoms with Gasteiger partial charge in [-0.25, -0.2) is 9.18 Å². The Labute approximate surface area is 81.1 Å². The second-order valence-electron chi connectivity index (χ2n) is 2.70. The van der Waals surface area contributed by atoms with E-state index < -0.39 is 12.1 Å². The van der Waals surface area contributed by atoms with E-state index in [0.717, 1.165) is 0 Å². The maximum atomic E-state index is 12.9. The second kappa shape index (κ2) is 4.60. The molecule has 1 atom stereocenters. The highest BCUT2D eigenvalue weighted by molar-refractivity contribution is 5.74. The summed E-state index contributed by atoms with van der Waals surface area (Å²) in [6.07, 6.45) is -1.97. The van der Waals surface area contributed by atoms with Gasteiger partial charge in [-0.05, 0) is 24.6 Å². The highest BCUT2D eigenvalue weighted by Crippen LogP contribution is 2.20. The largest absolute Gasteiger partial charge is 0.494 e. The van der Waals surface area contributed by atoms with Crippen LogP contribution in [0.1, 0.15) is 18.7 Å². The van der Waals surface area contributed by atoms with Gasteiger partial charge in [0.25, 0.3) is 0 Å². The summed E-state index contributed by atoms with van der Waals surface area (Å²) in [5, 5.41) is 8.40. The minimum absolute atomic E-state index is 0.126. The second-order valence-corrected chi connectivity index (χ2v) is 2.70. The fourth-order valence-electron chi connectivity index (χ4n) is 1.04. The van der Waals surface area contributed by atoms with Gasteiger partial charge >= 0.3 is 5.97 Å². The first-order valence-electron chi connectivity index (χ1n) is 4.24. The van der Waals surface area contributed by atoms with Crippen molar-refractivity contribution in [3.8, 4) is 5.75 Å². The summed E-state index contributed by atoms with van der Waals surface area (Å²) >= 11 is 0. The lowest BCUT2D eigenvalue weighted by atomic mass is 10.1. The van der Waals surface area contributed by atoms with Crippen molar-refractivity contribution in [1.82, 2.24) is 0 Å². The van der Waals surface area contributed by atoms with Crippen molar-refractivity contribution < 1.29 is 19.0 Å². The Morgan fingerprint density at radius 2 is 2.07 bits per heavy atom. The summed E-state index contributed by atoms with van der Waals surface area (Å²) in [6, 6.07) is 5.91. The van der Waals surface area contributed by atoms with Crippen LogP contribution in [0.15, 0.2) is 24.3 Å². The molecular weight excluding hydrogens is 187 g/mol. The van der Waals surface area contributed by atoms with Gasteiger partial charge in [0.1, 0.15) is 5.75 Å². The van der Waals surface area contributed by atoms with Gasteiger partial charge in [0.2, 0.25) is 6.17 Å². The topological polar surface area (TPSA) is 46.5 Å². The highest BCUT2D eigenvalue weighted by atomic mass is 19.1. The molecule has 14 heavy (non-hydrogen) atoms. The molecule has 0 aromatic heterocycles. The van der Waals surface area contributed by atoms with Crippen LogP contribution in [-0.2, 0) is 4.79 Å². The van der Waals surface area contributed by atoms with Crippen molar-refractivity contribution in [3.63, 3.8) is 0 Å². The van der Waals surface area contributed by atoms with Crippen molar-refractivity contribution in [2.75, 3.05) is 6.61 Å². The van der Waals surface area contributed by atoms with E-state index in [9.17, 15) is 9.18 Å². The maximum Gasteiger partial charge on any atom is 0.343 e. The average Bonchev–Trinajstić information content (AvgIpc) is 2.18. The smallest absolute Gasteiger partial charge is 0.343 e. The van der Waals surface area contributed by atoms with Gasteiger partial charge in [-0.3, -0.25) is 0 Å². The number of carbonyl (C=O) groups is 1. The lowest BCUT2D eigenvalue weighted by Gasteiger charge is -2.05. The molecule has 1 aromatic carbocycles. The first kappa shape index (κ1) is 10.5. The van der Waals surface area contributed by atoms with Crippen molar-refractivity contribution in [3.05, 3.63) is 29.8 Å². The van der Waals surface area contributed by atoms with Gasteiger partial charge in [0.15, 0.2) is 0 Å². The molecule has 0 aliphatic carbocycles. The van der Waals surface area contributed by atoms with Crippen molar-refractivity contribution in [2.24, 2.45) is 0 Å². The Hall–Kier alpha value is -1.58. The number of halogens is 1. The maximum absolute atomic E-state index is 12.9. The molecule has 0 spiro atoms. The molecule has 1 rings (SSSR count). The summed E-state index contributed by atoms with van der Waals surface area (Å²) < 4.78 is 18.1. The minimum atomic E-state index is -1.97. The molecule has 4 heteroatoms. The zero-order valence-corrected chi connectivity index (χ0v) is 7.74. The quantitative estimate of drug-likeness (QED) is 0.806. The molecule has 1 aromatic rings. The fourth-order valence-corrected chi connectivity index (χ4v) is 1.04. The molecule has 0 bridgehead atoms. The first-order valence-corrected chi connectivity index (χ1v) is 4.24. The van der Waals surface area contributed by atoms with E-state index in [4.69, 9.17) is 9.84 Å². The van der Waals surface area contributed by atoms with Gasteiger partial charge in [-0.1, -0.05) is 12.1 Å². The van der Waals surface area contributed by atoms with Crippen molar-refractivity contribution in [1.29, 1.82) is 0 Å². The Balaban J connectivity index is 2.77. The SMILES string of the molecule is CCOc1ccc(C(F)C(=O)O)cc1. The van der Waals surface area contributed by atoms with Crippen LogP contribution in [0.3, 0.4) is 0 Å². The van der Waals surface area contributed by atoms with Crippen molar-refractivity contribution >= 4 is 5.97 Å². The van der Waals surface area contributed by atoms with E-state index in [1.165, 1.54) is 12.1 Å². The summed E-state index contributed by atoms with van der Waals surface area (Å²) in [5.74, 6) is -0.872. The number of hydrogen-bond acceptors (Lipinski definition) is 2. The van der Waals surface area contributed by atoms with E-state index in [0.29, 0.717) is 12.4 Å². The zero-order valence-electron chi connectivity index (χ0n) is 7.74. The molecule has 1 unspecified atom stereocenters. The predicted molar refractivity (Wildman–Crippen MR) is 49.1 cm³/mol. The Morgan fingerprint density at radius 3 is 2.50 bits per heavy atom. The lowest BCUT2D eigenvalue weighted by Crippen LogP contribution is -2.05. The van der Waals surface area contributed by atoms with Gasteiger partial charge in [-0.2, -0.15) is 0 Å². The highest BCUT2D eigenvalue weighted by Gasteiger charge is 2.17. The standard InChI is InChI=1S/C10H11FO3/c1-2-14-8-5-3-7(4-6-8)9(11)10(12)13/h3-6,9H,2H2,1H3,(H,12,13). The number of ether oxygens (including phenoxy) is 1. The Bertz CT molecular complexity index is 308. The number of carboxylic acids is 1. The third-order valence-electron chi connectivity index (χ3n) is 1.70. The van der Waals surface area contributed by atoms with Crippen LogP contribution >= 0.6 is 0 Å². The fraction of sp³-hybridized carbons (Fsp3) is 0.300. The lowest BCUT2D eigenvalue weighted by molar-refractivity contribution is -0.143. The molecule has 0 fully saturated rings. The molecule has 0 heterocycles. The van der Waals surface area contributed by atoms with E-state index >= 15 is 0 Å². The number of alkyl halides is 1. The van der Waals surface area contributed by atoms with E-state index in [1.807, 2.05) is 6.92 Å². The molecule has 76 valence electrons. The van der Waals surface area contributed by atoms with Gasteiger partial charge < -0.3 is 9.84 Å². The zero-order chi connectivity index (χ0) is 10.6. The number of hydrogen-bond donors (Lipinski definition) is 1. The summed E-state index contributed by atoms with van der Waals surface area (Å²) in [6.45, 7) is 2.36. The summed E-state index contributed by atoms with van der Waals surface area (Å²) in [5.41, 5.74) is 0.126. The van der Waals surface area contributed by atoms with Crippen LogP contribution in [0, 0.1) is 0 Å². The monoisotopic (exact) mass is 198 g/mol. The summed E-state index contributed by atoms with van der Waals surface area (Å²) in [4.78, 5) is 10.3. The molecule has 3 nitrogen and oxygen atoms in total.